The molecule has 0 saturated heterocycles. The van der Waals surface area contributed by atoms with E-state index < -0.39 is 0 Å². The molecule has 2 aromatic carbocycles. The zero-order valence-corrected chi connectivity index (χ0v) is 9.96. The Morgan fingerprint density at radius 1 is 0.857 bits per heavy atom. The third kappa shape index (κ3) is 2.02. The summed E-state index contributed by atoms with van der Waals surface area (Å²) in [6.07, 6.45) is 0. The van der Waals surface area contributed by atoms with Crippen molar-refractivity contribution in [2.75, 3.05) is 0 Å². The Labute approximate surface area is 97.2 Å². The van der Waals surface area contributed by atoms with Crippen molar-refractivity contribution >= 4 is 10.8 Å². The smallest absolute Gasteiger partial charge is 0 e. The van der Waals surface area contributed by atoms with E-state index in [0.717, 1.165) is 0 Å². The topological polar surface area (TPSA) is 0 Å². The van der Waals surface area contributed by atoms with Crippen molar-refractivity contribution < 1.29 is 18.6 Å². The molecule has 0 atom stereocenters. The quantitative estimate of drug-likeness (QED) is 0.683. The summed E-state index contributed by atoms with van der Waals surface area (Å²) in [7, 11) is 0. The molecule has 0 saturated carbocycles. The van der Waals surface area contributed by atoms with Gasteiger partial charge in [0.2, 0.25) is 0 Å². The fraction of sp³-hybridized carbons (Fsp3) is 0.231. The van der Waals surface area contributed by atoms with Gasteiger partial charge in [0.05, 0.1) is 0 Å². The molecule has 0 N–H and O–H groups in total. The first-order valence-electron chi connectivity index (χ1n) is 4.76. The first-order chi connectivity index (χ1) is 6.29. The van der Waals surface area contributed by atoms with E-state index >= 15 is 0 Å². The average molecular weight is 221 g/mol. The molecule has 0 spiro atoms. The van der Waals surface area contributed by atoms with Crippen molar-refractivity contribution in [3.8, 4) is 0 Å². The van der Waals surface area contributed by atoms with Crippen LogP contribution in [0.4, 0.5) is 0 Å². The molecule has 0 aromatic heterocycles. The molecule has 0 heterocycles. The minimum Gasteiger partial charge on any atom is -0.0616 e. The minimum absolute atomic E-state index is 0. The van der Waals surface area contributed by atoms with Crippen LogP contribution >= 0.6 is 0 Å². The van der Waals surface area contributed by atoms with Gasteiger partial charge in [-0.05, 0) is 22.3 Å². The van der Waals surface area contributed by atoms with Gasteiger partial charge in [-0.3, -0.25) is 0 Å². The summed E-state index contributed by atoms with van der Waals surface area (Å²) in [6, 6.07) is 15.1. The predicted octanol–water partition coefficient (Wildman–Crippen LogP) is 3.96. The summed E-state index contributed by atoms with van der Waals surface area (Å²) >= 11 is 0. The molecule has 0 amide bonds. The zero-order chi connectivity index (χ0) is 9.26. The maximum Gasteiger partial charge on any atom is 0 e. The summed E-state index contributed by atoms with van der Waals surface area (Å²) in [5.41, 5.74) is 1.44. The molecule has 2 rings (SSSR count). The van der Waals surface area contributed by atoms with Crippen LogP contribution < -0.4 is 0 Å². The van der Waals surface area contributed by atoms with E-state index in [1.807, 2.05) is 0 Å². The Bertz CT molecular complexity index is 413. The van der Waals surface area contributed by atoms with E-state index in [1.54, 1.807) is 0 Å². The van der Waals surface area contributed by atoms with Crippen LogP contribution in [0.2, 0.25) is 0 Å². The Kier molecular flexibility index (Phi) is 3.80. The molecule has 0 fully saturated rings. The van der Waals surface area contributed by atoms with E-state index in [4.69, 9.17) is 0 Å². The normalized spacial score (nSPS) is 10.2. The molecule has 71 valence electrons. The van der Waals surface area contributed by atoms with Crippen LogP contribution in [-0.4, -0.2) is 0 Å². The van der Waals surface area contributed by atoms with Gasteiger partial charge in [-0.2, -0.15) is 0 Å². The van der Waals surface area contributed by atoms with Crippen LogP contribution in [0.15, 0.2) is 42.5 Å². The molecule has 1 heteroatoms. The van der Waals surface area contributed by atoms with E-state index in [2.05, 4.69) is 56.3 Å². The number of fused-ring (bicyclic) bond motifs is 1. The van der Waals surface area contributed by atoms with Gasteiger partial charge in [-0.25, -0.2) is 0 Å². The first-order valence-corrected chi connectivity index (χ1v) is 4.76. The molecule has 2 aromatic rings. The van der Waals surface area contributed by atoms with Crippen molar-refractivity contribution in [3.05, 3.63) is 48.0 Å². The van der Waals surface area contributed by atoms with E-state index in [-0.39, 0.29) is 18.6 Å². The monoisotopic (exact) mass is 221 g/mol. The van der Waals surface area contributed by atoms with Gasteiger partial charge in [0.25, 0.3) is 0 Å². The van der Waals surface area contributed by atoms with Crippen LogP contribution in [0.5, 0.6) is 0 Å². The number of hydrogen-bond acceptors (Lipinski definition) is 0. The third-order valence-electron chi connectivity index (χ3n) is 2.45. The average Bonchev–Trinajstić information content (AvgIpc) is 2.17. The Morgan fingerprint density at radius 3 is 2.21 bits per heavy atom. The van der Waals surface area contributed by atoms with Gasteiger partial charge in [-0.15, -0.1) is 0 Å². The Hall–Kier alpha value is -0.716. The minimum atomic E-state index is 0. The van der Waals surface area contributed by atoms with Gasteiger partial charge >= 0.3 is 0 Å². The molecule has 1 radical (unpaired) electrons. The summed E-state index contributed by atoms with van der Waals surface area (Å²) in [6.45, 7) is 4.48. The van der Waals surface area contributed by atoms with Crippen LogP contribution in [0.25, 0.3) is 10.8 Å². The first kappa shape index (κ1) is 11.4. The molecule has 0 aliphatic rings. The van der Waals surface area contributed by atoms with Crippen LogP contribution in [0.1, 0.15) is 25.3 Å². The Morgan fingerprint density at radius 2 is 1.50 bits per heavy atom. The van der Waals surface area contributed by atoms with Gasteiger partial charge in [0, 0.05) is 18.6 Å². The van der Waals surface area contributed by atoms with Crippen molar-refractivity contribution in [1.29, 1.82) is 0 Å². The summed E-state index contributed by atoms with van der Waals surface area (Å²) < 4.78 is 0. The molecule has 14 heavy (non-hydrogen) atoms. The number of rotatable bonds is 1. The number of benzene rings is 2. The van der Waals surface area contributed by atoms with Crippen LogP contribution in [0.3, 0.4) is 0 Å². The summed E-state index contributed by atoms with van der Waals surface area (Å²) in [5, 5.41) is 2.73. The molecular weight excluding hydrogens is 207 g/mol. The van der Waals surface area contributed by atoms with E-state index in [1.165, 1.54) is 16.3 Å². The molecule has 0 aliphatic carbocycles. The molecule has 0 bridgehead atoms. The molecular formula is C13H14V. The number of hydrogen-bond donors (Lipinski definition) is 0. The van der Waals surface area contributed by atoms with Gasteiger partial charge in [0.15, 0.2) is 0 Å². The third-order valence-corrected chi connectivity index (χ3v) is 2.45. The van der Waals surface area contributed by atoms with E-state index in [0.29, 0.717) is 5.92 Å². The van der Waals surface area contributed by atoms with Gasteiger partial charge in [-0.1, -0.05) is 56.3 Å². The second-order valence-electron chi connectivity index (χ2n) is 3.72. The van der Waals surface area contributed by atoms with Crippen molar-refractivity contribution in [3.63, 3.8) is 0 Å². The fourth-order valence-corrected chi connectivity index (χ4v) is 1.75. The van der Waals surface area contributed by atoms with Crippen LogP contribution in [0, 0.1) is 0 Å². The fourth-order valence-electron chi connectivity index (χ4n) is 1.75. The van der Waals surface area contributed by atoms with Gasteiger partial charge in [0.1, 0.15) is 0 Å². The SMILES string of the molecule is CC(C)c1cccc2ccccc12.[V]. The largest absolute Gasteiger partial charge is 0.0616 e. The predicted molar refractivity (Wildman–Crippen MR) is 58.0 cm³/mol. The summed E-state index contributed by atoms with van der Waals surface area (Å²) in [5.74, 6) is 0.603. The standard InChI is InChI=1S/C13H14.V/c1-10(2)12-9-5-7-11-6-3-4-8-13(11)12;/h3-10H,1-2H3;. The molecule has 0 unspecified atom stereocenters. The maximum absolute atomic E-state index is 2.24. The van der Waals surface area contributed by atoms with Crippen molar-refractivity contribution in [2.45, 2.75) is 19.8 Å². The zero-order valence-electron chi connectivity index (χ0n) is 8.57. The van der Waals surface area contributed by atoms with Gasteiger partial charge < -0.3 is 0 Å². The second kappa shape index (κ2) is 4.68. The van der Waals surface area contributed by atoms with Crippen molar-refractivity contribution in [1.82, 2.24) is 0 Å². The van der Waals surface area contributed by atoms with Crippen molar-refractivity contribution in [2.24, 2.45) is 0 Å². The molecule has 0 nitrogen and oxygen atoms in total. The second-order valence-corrected chi connectivity index (χ2v) is 3.72. The molecule has 0 aliphatic heterocycles. The summed E-state index contributed by atoms with van der Waals surface area (Å²) in [4.78, 5) is 0. The van der Waals surface area contributed by atoms with Crippen LogP contribution in [-0.2, 0) is 18.6 Å². The maximum atomic E-state index is 2.24. The van der Waals surface area contributed by atoms with E-state index in [9.17, 15) is 0 Å². The Balaban J connectivity index is 0.000000980.